The van der Waals surface area contributed by atoms with E-state index in [9.17, 15) is 0 Å². The van der Waals surface area contributed by atoms with Crippen LogP contribution in [-0.2, 0) is 30.9 Å². The van der Waals surface area contributed by atoms with E-state index in [2.05, 4.69) is 23.1 Å². The van der Waals surface area contributed by atoms with E-state index < -0.39 is 0 Å². The molecule has 0 bridgehead atoms. The molecule has 1 aliphatic heterocycles. The van der Waals surface area contributed by atoms with Gasteiger partial charge in [-0.1, -0.05) is 29.3 Å². The first-order valence-electron chi connectivity index (χ1n) is 7.37. The van der Waals surface area contributed by atoms with Crippen molar-refractivity contribution in [2.24, 2.45) is 0 Å². The molecule has 0 radical (unpaired) electrons. The number of hydrogen-bond acceptors (Lipinski definition) is 3. The minimum atomic E-state index is 0.393. The van der Waals surface area contributed by atoms with Gasteiger partial charge >= 0.3 is 0 Å². The number of likely N-dealkylation sites (N-methyl/N-ethyl adjacent to an activating group) is 1. The minimum Gasteiger partial charge on any atom is -0.355 e. The number of aromatic nitrogens is 2. The summed E-state index contributed by atoms with van der Waals surface area (Å²) in [5.41, 5.74) is 3.83. The lowest BCUT2D eigenvalue weighted by Gasteiger charge is -2.14. The molecule has 118 valence electrons. The number of ether oxygens (including phenoxy) is 1. The van der Waals surface area contributed by atoms with Crippen LogP contribution in [0.25, 0.3) is 0 Å². The highest BCUT2D eigenvalue weighted by molar-refractivity contribution is 6.31. The maximum absolute atomic E-state index is 6.38. The third-order valence-electron chi connectivity index (χ3n) is 4.04. The first-order valence-corrected chi connectivity index (χ1v) is 8.12. The summed E-state index contributed by atoms with van der Waals surface area (Å²) in [4.78, 5) is 2.34. The van der Waals surface area contributed by atoms with Crippen molar-refractivity contribution in [2.45, 2.75) is 26.2 Å². The molecule has 0 spiro atoms. The molecular weight excluding hydrogens is 321 g/mol. The van der Waals surface area contributed by atoms with Gasteiger partial charge in [0.25, 0.3) is 0 Å². The average molecular weight is 340 g/mol. The van der Waals surface area contributed by atoms with Crippen LogP contribution in [0.4, 0.5) is 0 Å². The molecule has 3 rings (SSSR count). The molecule has 0 fully saturated rings. The number of fused-ring (bicyclic) bond motifs is 1. The van der Waals surface area contributed by atoms with Crippen LogP contribution in [0.15, 0.2) is 24.5 Å². The summed E-state index contributed by atoms with van der Waals surface area (Å²) in [7, 11) is 2.15. The molecule has 2 aromatic rings. The largest absolute Gasteiger partial charge is 0.355 e. The summed E-state index contributed by atoms with van der Waals surface area (Å²) in [6.07, 6.45) is 5.36. The second-order valence-electron chi connectivity index (χ2n) is 5.64. The third-order valence-corrected chi connectivity index (χ3v) is 4.59. The van der Waals surface area contributed by atoms with E-state index in [1.165, 1.54) is 16.7 Å². The van der Waals surface area contributed by atoms with Gasteiger partial charge in [0.2, 0.25) is 0 Å². The van der Waals surface area contributed by atoms with E-state index >= 15 is 0 Å². The SMILES string of the molecule is CN1CCc2c(Cl)ccc(COCn3cc(Cl)cn3)c2CC1. The van der Waals surface area contributed by atoms with E-state index in [0.717, 1.165) is 31.0 Å². The first kappa shape index (κ1) is 15.8. The summed E-state index contributed by atoms with van der Waals surface area (Å²) >= 11 is 12.2. The molecule has 0 saturated heterocycles. The van der Waals surface area contributed by atoms with Crippen molar-refractivity contribution in [3.8, 4) is 0 Å². The number of benzene rings is 1. The van der Waals surface area contributed by atoms with Crippen LogP contribution in [-0.4, -0.2) is 34.8 Å². The van der Waals surface area contributed by atoms with Gasteiger partial charge in [-0.25, -0.2) is 4.68 Å². The van der Waals surface area contributed by atoms with E-state index in [1.807, 2.05) is 6.07 Å². The maximum Gasteiger partial charge on any atom is 0.139 e. The van der Waals surface area contributed by atoms with E-state index in [0.29, 0.717) is 18.4 Å². The van der Waals surface area contributed by atoms with Crippen molar-refractivity contribution in [3.05, 3.63) is 51.3 Å². The number of halogens is 2. The summed E-state index contributed by atoms with van der Waals surface area (Å²) < 4.78 is 7.46. The van der Waals surface area contributed by atoms with E-state index in [1.54, 1.807) is 17.1 Å². The van der Waals surface area contributed by atoms with Crippen molar-refractivity contribution < 1.29 is 4.74 Å². The molecular formula is C16H19Cl2N3O. The lowest BCUT2D eigenvalue weighted by Crippen LogP contribution is -2.20. The second kappa shape index (κ2) is 7.01. The van der Waals surface area contributed by atoms with Crippen LogP contribution >= 0.6 is 23.2 Å². The molecule has 0 atom stereocenters. The van der Waals surface area contributed by atoms with Crippen LogP contribution < -0.4 is 0 Å². The molecule has 0 saturated carbocycles. The molecule has 22 heavy (non-hydrogen) atoms. The van der Waals surface area contributed by atoms with Crippen molar-refractivity contribution in [1.82, 2.24) is 14.7 Å². The molecule has 0 unspecified atom stereocenters. The fourth-order valence-electron chi connectivity index (χ4n) is 2.81. The molecule has 0 amide bonds. The zero-order valence-corrected chi connectivity index (χ0v) is 14.1. The topological polar surface area (TPSA) is 30.3 Å². The van der Waals surface area contributed by atoms with Gasteiger partial charge in [0, 0.05) is 24.3 Å². The monoisotopic (exact) mass is 339 g/mol. The van der Waals surface area contributed by atoms with Crippen LogP contribution in [0.5, 0.6) is 0 Å². The summed E-state index contributed by atoms with van der Waals surface area (Å²) in [6.45, 7) is 3.04. The van der Waals surface area contributed by atoms with Gasteiger partial charge in [0.1, 0.15) is 6.73 Å². The van der Waals surface area contributed by atoms with Gasteiger partial charge in [0.05, 0.1) is 17.8 Å². The predicted octanol–water partition coefficient (Wildman–Crippen LogP) is 3.39. The Labute approximate surface area is 140 Å². The standard InChI is InChI=1S/C16H19Cl2N3O/c1-20-6-4-14-12(2-3-16(18)15(14)5-7-20)10-22-11-21-9-13(17)8-19-21/h2-3,8-9H,4-7,10-11H2,1H3. The minimum absolute atomic E-state index is 0.393. The zero-order chi connectivity index (χ0) is 15.5. The fourth-order valence-corrected chi connectivity index (χ4v) is 3.23. The Balaban J connectivity index is 1.71. The Morgan fingerprint density at radius 3 is 2.68 bits per heavy atom. The van der Waals surface area contributed by atoms with Crippen LogP contribution in [0.3, 0.4) is 0 Å². The van der Waals surface area contributed by atoms with Gasteiger partial charge in [-0.05, 0) is 42.6 Å². The number of rotatable bonds is 4. The molecule has 1 aromatic carbocycles. The zero-order valence-electron chi connectivity index (χ0n) is 12.6. The lowest BCUT2D eigenvalue weighted by atomic mass is 9.97. The van der Waals surface area contributed by atoms with Gasteiger partial charge in [0.15, 0.2) is 0 Å². The van der Waals surface area contributed by atoms with Crippen LogP contribution in [0, 0.1) is 0 Å². The molecule has 1 aromatic heterocycles. The molecule has 4 nitrogen and oxygen atoms in total. The summed E-state index contributed by atoms with van der Waals surface area (Å²) in [5, 5.41) is 5.59. The average Bonchev–Trinajstić information content (AvgIpc) is 2.80. The number of hydrogen-bond donors (Lipinski definition) is 0. The highest BCUT2D eigenvalue weighted by Gasteiger charge is 2.17. The van der Waals surface area contributed by atoms with Gasteiger partial charge < -0.3 is 9.64 Å². The predicted molar refractivity (Wildman–Crippen MR) is 88.4 cm³/mol. The molecule has 6 heteroatoms. The summed E-state index contributed by atoms with van der Waals surface area (Å²) in [6, 6.07) is 4.05. The second-order valence-corrected chi connectivity index (χ2v) is 6.49. The third kappa shape index (κ3) is 3.63. The Kier molecular flexibility index (Phi) is 5.03. The van der Waals surface area contributed by atoms with Crippen molar-refractivity contribution in [3.63, 3.8) is 0 Å². The van der Waals surface area contributed by atoms with Crippen LogP contribution in [0.2, 0.25) is 10.0 Å². The fraction of sp³-hybridized carbons (Fsp3) is 0.438. The molecule has 0 aliphatic carbocycles. The highest BCUT2D eigenvalue weighted by Crippen LogP contribution is 2.27. The molecule has 2 heterocycles. The molecule has 0 N–H and O–H groups in total. The highest BCUT2D eigenvalue weighted by atomic mass is 35.5. The lowest BCUT2D eigenvalue weighted by molar-refractivity contribution is 0.0557. The molecule has 1 aliphatic rings. The van der Waals surface area contributed by atoms with E-state index in [4.69, 9.17) is 27.9 Å². The normalized spacial score (nSPS) is 15.6. The van der Waals surface area contributed by atoms with Crippen molar-refractivity contribution >= 4 is 23.2 Å². The quantitative estimate of drug-likeness (QED) is 0.855. The maximum atomic E-state index is 6.38. The van der Waals surface area contributed by atoms with Gasteiger partial charge in [-0.2, -0.15) is 5.10 Å². The van der Waals surface area contributed by atoms with Gasteiger partial charge in [-0.15, -0.1) is 0 Å². The number of nitrogens with zero attached hydrogens (tertiary/aromatic N) is 3. The van der Waals surface area contributed by atoms with Crippen LogP contribution in [0.1, 0.15) is 16.7 Å². The Hall–Kier alpha value is -1.07. The van der Waals surface area contributed by atoms with Gasteiger partial charge in [-0.3, -0.25) is 0 Å². The first-order chi connectivity index (χ1) is 10.6. The van der Waals surface area contributed by atoms with Crippen molar-refractivity contribution in [2.75, 3.05) is 20.1 Å². The Bertz CT molecular complexity index is 657. The van der Waals surface area contributed by atoms with Crippen molar-refractivity contribution in [1.29, 1.82) is 0 Å². The Morgan fingerprint density at radius 2 is 1.95 bits per heavy atom. The van der Waals surface area contributed by atoms with E-state index in [-0.39, 0.29) is 0 Å². The summed E-state index contributed by atoms with van der Waals surface area (Å²) in [5.74, 6) is 0. The Morgan fingerprint density at radius 1 is 1.18 bits per heavy atom. The smallest absolute Gasteiger partial charge is 0.139 e.